The van der Waals surface area contributed by atoms with Gasteiger partial charge < -0.3 is 10.6 Å². The van der Waals surface area contributed by atoms with E-state index >= 15 is 0 Å². The van der Waals surface area contributed by atoms with Crippen LogP contribution in [0, 0.1) is 0 Å². The quantitative estimate of drug-likeness (QED) is 0.904. The number of benzene rings is 2. The molecule has 108 valence electrons. The molecule has 0 aliphatic heterocycles. The van der Waals surface area contributed by atoms with Gasteiger partial charge in [-0.2, -0.15) is 0 Å². The van der Waals surface area contributed by atoms with E-state index in [0.717, 1.165) is 9.79 Å². The lowest BCUT2D eigenvalue weighted by atomic mass is 10.2. The molecule has 0 unspecified atom stereocenters. The zero-order valence-electron chi connectivity index (χ0n) is 11.8. The molecule has 0 bridgehead atoms. The van der Waals surface area contributed by atoms with E-state index in [1.807, 2.05) is 42.5 Å². The summed E-state index contributed by atoms with van der Waals surface area (Å²) < 4.78 is 0. The second-order valence-electron chi connectivity index (χ2n) is 4.49. The number of hydrogen-bond donors (Lipinski definition) is 2. The van der Waals surface area contributed by atoms with Crippen LogP contribution in [-0.4, -0.2) is 11.8 Å². The number of rotatable bonds is 4. The fourth-order valence-electron chi connectivity index (χ4n) is 1.80. The first kappa shape index (κ1) is 15.1. The van der Waals surface area contributed by atoms with Gasteiger partial charge in [-0.25, -0.2) is 0 Å². The van der Waals surface area contributed by atoms with Gasteiger partial charge in [0.05, 0.1) is 5.69 Å². The SMILES string of the molecule is CC(=O)Nc1ccc(Sc2ccccc2)c(NC(C)=O)c1. The largest absolute Gasteiger partial charge is 0.326 e. The summed E-state index contributed by atoms with van der Waals surface area (Å²) in [7, 11) is 0. The highest BCUT2D eigenvalue weighted by molar-refractivity contribution is 7.99. The van der Waals surface area contributed by atoms with Gasteiger partial charge in [0, 0.05) is 29.3 Å². The highest BCUT2D eigenvalue weighted by Gasteiger charge is 2.08. The summed E-state index contributed by atoms with van der Waals surface area (Å²) in [6, 6.07) is 15.4. The van der Waals surface area contributed by atoms with Gasteiger partial charge in [0.2, 0.25) is 11.8 Å². The van der Waals surface area contributed by atoms with Crippen molar-refractivity contribution in [2.45, 2.75) is 23.6 Å². The molecule has 2 aromatic carbocycles. The van der Waals surface area contributed by atoms with Crippen LogP contribution in [0.4, 0.5) is 11.4 Å². The van der Waals surface area contributed by atoms with Gasteiger partial charge in [-0.3, -0.25) is 9.59 Å². The van der Waals surface area contributed by atoms with Crippen molar-refractivity contribution in [3.05, 3.63) is 48.5 Å². The van der Waals surface area contributed by atoms with Gasteiger partial charge in [0.1, 0.15) is 0 Å². The molecule has 4 nitrogen and oxygen atoms in total. The maximum Gasteiger partial charge on any atom is 0.221 e. The van der Waals surface area contributed by atoms with Crippen LogP contribution < -0.4 is 10.6 Å². The fraction of sp³-hybridized carbons (Fsp3) is 0.125. The van der Waals surface area contributed by atoms with Crippen LogP contribution in [0.2, 0.25) is 0 Å². The summed E-state index contributed by atoms with van der Waals surface area (Å²) in [6.45, 7) is 2.91. The van der Waals surface area contributed by atoms with Crippen LogP contribution in [0.5, 0.6) is 0 Å². The van der Waals surface area contributed by atoms with Crippen LogP contribution in [-0.2, 0) is 9.59 Å². The van der Waals surface area contributed by atoms with Gasteiger partial charge in [0.15, 0.2) is 0 Å². The molecule has 0 aromatic heterocycles. The summed E-state index contributed by atoms with van der Waals surface area (Å²) in [5.74, 6) is -0.294. The highest BCUT2D eigenvalue weighted by Crippen LogP contribution is 2.35. The van der Waals surface area contributed by atoms with Crippen molar-refractivity contribution in [1.82, 2.24) is 0 Å². The van der Waals surface area contributed by atoms with Gasteiger partial charge in [-0.05, 0) is 30.3 Å². The molecule has 2 aromatic rings. The summed E-state index contributed by atoms with van der Waals surface area (Å²) in [6.07, 6.45) is 0. The predicted octanol–water partition coefficient (Wildman–Crippen LogP) is 3.75. The molecule has 2 rings (SSSR count). The Morgan fingerprint density at radius 3 is 2.19 bits per heavy atom. The Bertz CT molecular complexity index is 657. The smallest absolute Gasteiger partial charge is 0.221 e. The van der Waals surface area contributed by atoms with Gasteiger partial charge in [-0.15, -0.1) is 0 Å². The van der Waals surface area contributed by atoms with Crippen molar-refractivity contribution in [3.8, 4) is 0 Å². The lowest BCUT2D eigenvalue weighted by Crippen LogP contribution is -2.09. The van der Waals surface area contributed by atoms with E-state index in [1.165, 1.54) is 13.8 Å². The third-order valence-electron chi connectivity index (χ3n) is 2.58. The van der Waals surface area contributed by atoms with E-state index in [2.05, 4.69) is 10.6 Å². The summed E-state index contributed by atoms with van der Waals surface area (Å²) in [4.78, 5) is 24.5. The third kappa shape index (κ3) is 4.65. The van der Waals surface area contributed by atoms with Crippen LogP contribution in [0.25, 0.3) is 0 Å². The van der Waals surface area contributed by atoms with Gasteiger partial charge in [0.25, 0.3) is 0 Å². The Balaban J connectivity index is 2.30. The molecule has 0 saturated heterocycles. The normalized spacial score (nSPS) is 10.0. The minimum atomic E-state index is -0.148. The molecule has 2 amide bonds. The first-order chi connectivity index (χ1) is 10.0. The van der Waals surface area contributed by atoms with E-state index in [-0.39, 0.29) is 11.8 Å². The molecule has 5 heteroatoms. The van der Waals surface area contributed by atoms with E-state index in [0.29, 0.717) is 11.4 Å². The Labute approximate surface area is 127 Å². The summed E-state index contributed by atoms with van der Waals surface area (Å²) >= 11 is 1.56. The number of carbonyl (C=O) groups excluding carboxylic acids is 2. The summed E-state index contributed by atoms with van der Waals surface area (Å²) in [5.41, 5.74) is 1.34. The monoisotopic (exact) mass is 300 g/mol. The molecule has 0 radical (unpaired) electrons. The minimum Gasteiger partial charge on any atom is -0.326 e. The molecule has 0 aliphatic rings. The van der Waals surface area contributed by atoms with E-state index in [9.17, 15) is 9.59 Å². The number of amides is 2. The first-order valence-electron chi connectivity index (χ1n) is 6.47. The molecule has 0 saturated carbocycles. The number of carbonyl (C=O) groups is 2. The molecule has 0 heterocycles. The molecular formula is C16H16N2O2S. The zero-order valence-corrected chi connectivity index (χ0v) is 12.7. The lowest BCUT2D eigenvalue weighted by molar-refractivity contribution is -0.115. The van der Waals surface area contributed by atoms with Gasteiger partial charge >= 0.3 is 0 Å². The standard InChI is InChI=1S/C16H16N2O2S/c1-11(19)17-13-8-9-16(15(10-13)18-12(2)20)21-14-6-4-3-5-7-14/h3-10H,1-2H3,(H,17,19)(H,18,20). The molecule has 21 heavy (non-hydrogen) atoms. The fourth-order valence-corrected chi connectivity index (χ4v) is 2.71. The maximum atomic E-state index is 11.3. The Morgan fingerprint density at radius 1 is 0.905 bits per heavy atom. The summed E-state index contributed by atoms with van der Waals surface area (Å²) in [5, 5.41) is 5.51. The minimum absolute atomic E-state index is 0.146. The first-order valence-corrected chi connectivity index (χ1v) is 7.28. The van der Waals surface area contributed by atoms with E-state index < -0.39 is 0 Å². The van der Waals surface area contributed by atoms with Crippen molar-refractivity contribution >= 4 is 35.0 Å². The van der Waals surface area contributed by atoms with Crippen molar-refractivity contribution in [2.75, 3.05) is 10.6 Å². The van der Waals surface area contributed by atoms with E-state index in [1.54, 1.807) is 17.8 Å². The van der Waals surface area contributed by atoms with Crippen molar-refractivity contribution in [1.29, 1.82) is 0 Å². The Hall–Kier alpha value is -2.27. The van der Waals surface area contributed by atoms with Crippen molar-refractivity contribution in [2.24, 2.45) is 0 Å². The number of anilines is 2. The van der Waals surface area contributed by atoms with E-state index in [4.69, 9.17) is 0 Å². The second-order valence-corrected chi connectivity index (χ2v) is 5.60. The lowest BCUT2D eigenvalue weighted by Gasteiger charge is -2.12. The van der Waals surface area contributed by atoms with Crippen LogP contribution in [0.15, 0.2) is 58.3 Å². The molecular weight excluding hydrogens is 284 g/mol. The number of nitrogens with one attached hydrogen (secondary N) is 2. The second kappa shape index (κ2) is 6.95. The number of hydrogen-bond acceptors (Lipinski definition) is 3. The average Bonchev–Trinajstić information content (AvgIpc) is 2.41. The molecule has 0 spiro atoms. The highest BCUT2D eigenvalue weighted by atomic mass is 32.2. The molecule has 0 atom stereocenters. The molecule has 0 aliphatic carbocycles. The zero-order chi connectivity index (χ0) is 15.2. The predicted molar refractivity (Wildman–Crippen MR) is 85.6 cm³/mol. The molecule has 0 fully saturated rings. The van der Waals surface area contributed by atoms with Crippen molar-refractivity contribution < 1.29 is 9.59 Å². The van der Waals surface area contributed by atoms with Crippen molar-refractivity contribution in [3.63, 3.8) is 0 Å². The Morgan fingerprint density at radius 2 is 1.57 bits per heavy atom. The average molecular weight is 300 g/mol. The Kier molecular flexibility index (Phi) is 5.00. The maximum absolute atomic E-state index is 11.3. The van der Waals surface area contributed by atoms with Crippen LogP contribution >= 0.6 is 11.8 Å². The van der Waals surface area contributed by atoms with Gasteiger partial charge in [-0.1, -0.05) is 30.0 Å². The van der Waals surface area contributed by atoms with Crippen LogP contribution in [0.1, 0.15) is 13.8 Å². The third-order valence-corrected chi connectivity index (χ3v) is 3.67. The van der Waals surface area contributed by atoms with Crippen LogP contribution in [0.3, 0.4) is 0 Å². The molecule has 2 N–H and O–H groups in total. The topological polar surface area (TPSA) is 58.2 Å².